The molecule has 2 aromatic rings. The monoisotopic (exact) mass is 377 g/mol. The van der Waals surface area contributed by atoms with Gasteiger partial charge in [0.15, 0.2) is 0 Å². The lowest BCUT2D eigenvalue weighted by Crippen LogP contribution is -2.31. The van der Waals surface area contributed by atoms with Gasteiger partial charge in [-0.1, -0.05) is 36.4 Å². The minimum absolute atomic E-state index is 0.0490. The van der Waals surface area contributed by atoms with Crippen molar-refractivity contribution in [2.24, 2.45) is 0 Å². The third kappa shape index (κ3) is 6.55. The van der Waals surface area contributed by atoms with Crippen molar-refractivity contribution >= 4 is 15.7 Å². The van der Waals surface area contributed by atoms with Crippen LogP contribution in [-0.2, 0) is 28.9 Å². The molecule has 0 saturated heterocycles. The van der Waals surface area contributed by atoms with E-state index >= 15 is 0 Å². The van der Waals surface area contributed by atoms with Gasteiger partial charge in [-0.25, -0.2) is 13.1 Å². The first-order valence-corrected chi connectivity index (χ1v) is 9.92. The molecule has 0 heterocycles. The maximum atomic E-state index is 11.9. The summed E-state index contributed by atoms with van der Waals surface area (Å²) in [7, 11) is -3.33. The Balaban J connectivity index is 1.88. The summed E-state index contributed by atoms with van der Waals surface area (Å²) >= 11 is 0. The average Bonchev–Trinajstić information content (AvgIpc) is 2.55. The van der Waals surface area contributed by atoms with Gasteiger partial charge in [0.2, 0.25) is 10.0 Å². The first kappa shape index (κ1) is 20.0. The Morgan fingerprint density at radius 2 is 1.62 bits per heavy atom. The Morgan fingerprint density at radius 3 is 2.23 bits per heavy atom. The van der Waals surface area contributed by atoms with Crippen LogP contribution in [0.25, 0.3) is 0 Å². The Morgan fingerprint density at radius 1 is 1.00 bits per heavy atom. The fourth-order valence-corrected chi connectivity index (χ4v) is 3.94. The summed E-state index contributed by atoms with van der Waals surface area (Å²) in [5.74, 6) is -0.0490. The molecule has 0 saturated carbocycles. The predicted molar refractivity (Wildman–Crippen MR) is 101 cm³/mol. The second kappa shape index (κ2) is 8.88. The fraction of sp³-hybridized carbons (Fsp3) is 0.333. The average molecular weight is 377 g/mol. The SMILES string of the molecule is CC(C)NS(=O)(=O)Cc1ccc(CNCc2cccc([N+](=O)[O-])c2)cc1. The Labute approximate surface area is 153 Å². The van der Waals surface area contributed by atoms with Crippen LogP contribution in [0.5, 0.6) is 0 Å². The highest BCUT2D eigenvalue weighted by molar-refractivity contribution is 7.88. The van der Waals surface area contributed by atoms with E-state index < -0.39 is 14.9 Å². The van der Waals surface area contributed by atoms with Crippen molar-refractivity contribution in [3.8, 4) is 0 Å². The molecule has 26 heavy (non-hydrogen) atoms. The summed E-state index contributed by atoms with van der Waals surface area (Å²) in [6.07, 6.45) is 0. The zero-order chi connectivity index (χ0) is 19.2. The van der Waals surface area contributed by atoms with E-state index in [1.54, 1.807) is 38.1 Å². The van der Waals surface area contributed by atoms with Crippen molar-refractivity contribution in [2.75, 3.05) is 0 Å². The number of hydrogen-bond acceptors (Lipinski definition) is 5. The van der Waals surface area contributed by atoms with E-state index in [9.17, 15) is 18.5 Å². The minimum atomic E-state index is -3.33. The summed E-state index contributed by atoms with van der Waals surface area (Å²) < 4.78 is 26.4. The highest BCUT2D eigenvalue weighted by Gasteiger charge is 2.12. The van der Waals surface area contributed by atoms with Crippen molar-refractivity contribution in [1.82, 2.24) is 10.0 Å². The molecule has 0 radical (unpaired) electrons. The van der Waals surface area contributed by atoms with Crippen LogP contribution in [0.3, 0.4) is 0 Å². The molecule has 8 heteroatoms. The third-order valence-electron chi connectivity index (χ3n) is 3.57. The lowest BCUT2D eigenvalue weighted by atomic mass is 10.1. The lowest BCUT2D eigenvalue weighted by Gasteiger charge is -2.10. The van der Waals surface area contributed by atoms with E-state index in [0.29, 0.717) is 13.1 Å². The molecule has 2 rings (SSSR count). The molecule has 0 aliphatic carbocycles. The largest absolute Gasteiger partial charge is 0.309 e. The van der Waals surface area contributed by atoms with E-state index in [1.807, 2.05) is 18.2 Å². The molecule has 0 bridgehead atoms. The molecule has 0 spiro atoms. The standard InChI is InChI=1S/C18H23N3O4S/c1-14(2)20-26(24,25)13-16-8-6-15(7-9-16)11-19-12-17-4-3-5-18(10-17)21(22)23/h3-10,14,19-20H,11-13H2,1-2H3. The number of sulfonamides is 1. The normalized spacial score (nSPS) is 11.7. The predicted octanol–water partition coefficient (Wildman–Crippen LogP) is 2.71. The van der Waals surface area contributed by atoms with Crippen LogP contribution >= 0.6 is 0 Å². The highest BCUT2D eigenvalue weighted by Crippen LogP contribution is 2.13. The van der Waals surface area contributed by atoms with Crippen molar-refractivity contribution in [3.63, 3.8) is 0 Å². The number of benzene rings is 2. The van der Waals surface area contributed by atoms with Crippen LogP contribution in [0.4, 0.5) is 5.69 Å². The smallest absolute Gasteiger partial charge is 0.269 e. The van der Waals surface area contributed by atoms with Gasteiger partial charge in [0.25, 0.3) is 5.69 Å². The van der Waals surface area contributed by atoms with Gasteiger partial charge in [-0.3, -0.25) is 10.1 Å². The maximum Gasteiger partial charge on any atom is 0.269 e. The maximum absolute atomic E-state index is 11.9. The second-order valence-electron chi connectivity index (χ2n) is 6.38. The number of rotatable bonds is 9. The van der Waals surface area contributed by atoms with Crippen LogP contribution in [0, 0.1) is 10.1 Å². The summed E-state index contributed by atoms with van der Waals surface area (Å²) in [4.78, 5) is 10.4. The Kier molecular flexibility index (Phi) is 6.84. The van der Waals surface area contributed by atoms with Crippen molar-refractivity contribution in [3.05, 3.63) is 75.3 Å². The van der Waals surface area contributed by atoms with E-state index in [1.165, 1.54) is 6.07 Å². The van der Waals surface area contributed by atoms with Gasteiger partial charge in [0.1, 0.15) is 0 Å². The topological polar surface area (TPSA) is 101 Å². The van der Waals surface area contributed by atoms with E-state index in [-0.39, 0.29) is 17.5 Å². The van der Waals surface area contributed by atoms with Gasteiger partial charge < -0.3 is 5.32 Å². The van der Waals surface area contributed by atoms with Crippen molar-refractivity contribution < 1.29 is 13.3 Å². The second-order valence-corrected chi connectivity index (χ2v) is 8.13. The summed E-state index contributed by atoms with van der Waals surface area (Å²) in [6.45, 7) is 4.66. The molecule has 2 aromatic carbocycles. The third-order valence-corrected chi connectivity index (χ3v) is 5.12. The Bertz CT molecular complexity index is 849. The molecule has 0 fully saturated rings. The van der Waals surface area contributed by atoms with Crippen molar-refractivity contribution in [2.45, 2.75) is 38.7 Å². The fourth-order valence-electron chi connectivity index (χ4n) is 2.50. The molecule has 2 N–H and O–H groups in total. The molecular formula is C18H23N3O4S. The zero-order valence-corrected chi connectivity index (χ0v) is 15.6. The van der Waals surface area contributed by atoms with E-state index in [2.05, 4.69) is 10.0 Å². The van der Waals surface area contributed by atoms with Crippen LogP contribution in [0.2, 0.25) is 0 Å². The zero-order valence-electron chi connectivity index (χ0n) is 14.8. The molecule has 0 aromatic heterocycles. The minimum Gasteiger partial charge on any atom is -0.309 e. The molecule has 0 unspecified atom stereocenters. The lowest BCUT2D eigenvalue weighted by molar-refractivity contribution is -0.384. The molecule has 0 aliphatic heterocycles. The number of nitro benzene ring substituents is 1. The van der Waals surface area contributed by atoms with Gasteiger partial charge in [-0.05, 0) is 30.5 Å². The van der Waals surface area contributed by atoms with Crippen molar-refractivity contribution in [1.29, 1.82) is 0 Å². The number of nitro groups is 1. The van der Waals surface area contributed by atoms with Crippen LogP contribution in [0.15, 0.2) is 48.5 Å². The number of nitrogens with one attached hydrogen (secondary N) is 2. The first-order valence-electron chi connectivity index (χ1n) is 8.27. The molecule has 0 aliphatic rings. The quantitative estimate of drug-likeness (QED) is 0.517. The first-order chi connectivity index (χ1) is 12.2. The van der Waals surface area contributed by atoms with Crippen LogP contribution in [-0.4, -0.2) is 19.4 Å². The number of hydrogen-bond donors (Lipinski definition) is 2. The summed E-state index contributed by atoms with van der Waals surface area (Å²) in [5.41, 5.74) is 2.64. The van der Waals surface area contributed by atoms with Gasteiger partial charge >= 0.3 is 0 Å². The molecule has 0 atom stereocenters. The number of non-ortho nitro benzene ring substituents is 1. The molecule has 140 valence electrons. The van der Waals surface area contributed by atoms with Gasteiger partial charge in [-0.2, -0.15) is 0 Å². The van der Waals surface area contributed by atoms with Crippen LogP contribution in [0.1, 0.15) is 30.5 Å². The van der Waals surface area contributed by atoms with Crippen LogP contribution < -0.4 is 10.0 Å². The Hall–Kier alpha value is -2.29. The summed E-state index contributed by atoms with van der Waals surface area (Å²) in [5, 5.41) is 14.0. The van der Waals surface area contributed by atoms with Gasteiger partial charge in [0.05, 0.1) is 10.7 Å². The van der Waals surface area contributed by atoms with E-state index in [0.717, 1.165) is 16.7 Å². The summed E-state index contributed by atoms with van der Waals surface area (Å²) in [6, 6.07) is 13.7. The number of nitrogens with zero attached hydrogens (tertiary/aromatic N) is 1. The molecular weight excluding hydrogens is 354 g/mol. The van der Waals surface area contributed by atoms with Gasteiger partial charge in [-0.15, -0.1) is 0 Å². The molecule has 0 amide bonds. The highest BCUT2D eigenvalue weighted by atomic mass is 32.2. The van der Waals surface area contributed by atoms with E-state index in [4.69, 9.17) is 0 Å². The molecule has 7 nitrogen and oxygen atoms in total. The van der Waals surface area contributed by atoms with Gasteiger partial charge in [0, 0.05) is 31.3 Å².